The molecule has 0 unspecified atom stereocenters. The maximum atomic E-state index is 10.8. The van der Waals surface area contributed by atoms with Crippen molar-refractivity contribution in [2.45, 2.75) is 25.7 Å². The fourth-order valence-electron chi connectivity index (χ4n) is 2.00. The minimum absolute atomic E-state index is 0.0730. The van der Waals surface area contributed by atoms with Gasteiger partial charge in [0.05, 0.1) is 4.90 Å². The van der Waals surface area contributed by atoms with Crippen LogP contribution in [0.25, 0.3) is 10.8 Å². The lowest BCUT2D eigenvalue weighted by Gasteiger charge is -2.13. The van der Waals surface area contributed by atoms with Crippen molar-refractivity contribution in [1.82, 2.24) is 4.90 Å². The highest BCUT2D eigenvalue weighted by Gasteiger charge is 2.08. The summed E-state index contributed by atoms with van der Waals surface area (Å²) in [5.41, 5.74) is 0. The van der Waals surface area contributed by atoms with Gasteiger partial charge in [-0.3, -0.25) is 4.55 Å². The topological polar surface area (TPSA) is 57.6 Å². The molecule has 0 aliphatic heterocycles. The molecular weight excluding hydrogens is 286 g/mol. The van der Waals surface area contributed by atoms with Crippen LogP contribution in [0.15, 0.2) is 47.4 Å². The average Bonchev–Trinajstić information content (AvgIpc) is 2.48. The molecule has 2 aromatic rings. The van der Waals surface area contributed by atoms with Crippen LogP contribution < -0.4 is 0 Å². The van der Waals surface area contributed by atoms with Gasteiger partial charge in [-0.15, -0.1) is 0 Å². The lowest BCUT2D eigenvalue weighted by atomic mass is 10.1. The summed E-state index contributed by atoms with van der Waals surface area (Å²) in [5.74, 6) is 0. The second-order valence-corrected chi connectivity index (χ2v) is 6.03. The zero-order valence-corrected chi connectivity index (χ0v) is 13.6. The van der Waals surface area contributed by atoms with Gasteiger partial charge in [0, 0.05) is 0 Å². The highest BCUT2D eigenvalue weighted by molar-refractivity contribution is 7.85. The van der Waals surface area contributed by atoms with E-state index in [0.717, 1.165) is 10.8 Å². The molecule has 0 amide bonds. The maximum absolute atomic E-state index is 10.8. The van der Waals surface area contributed by atoms with Crippen LogP contribution in [0.2, 0.25) is 0 Å². The molecular formula is C16H23NO3S. The summed E-state index contributed by atoms with van der Waals surface area (Å²) in [6.45, 7) is 10.1. The number of hydrogen-bond acceptors (Lipinski definition) is 3. The summed E-state index contributed by atoms with van der Waals surface area (Å²) in [5, 5.41) is 1.74. The Morgan fingerprint density at radius 3 is 1.86 bits per heavy atom. The van der Waals surface area contributed by atoms with Crippen LogP contribution in [0.3, 0.4) is 0 Å². The molecule has 21 heavy (non-hydrogen) atoms. The number of fused-ring (bicyclic) bond motifs is 1. The third-order valence-corrected chi connectivity index (χ3v) is 4.21. The van der Waals surface area contributed by atoms with Crippen LogP contribution in [0.4, 0.5) is 0 Å². The number of rotatable bonds is 4. The number of nitrogens with zero attached hydrogens (tertiary/aromatic N) is 1. The number of hydrogen-bond donors (Lipinski definition) is 1. The van der Waals surface area contributed by atoms with Gasteiger partial charge in [0.1, 0.15) is 0 Å². The summed E-state index contributed by atoms with van der Waals surface area (Å²) >= 11 is 0. The lowest BCUT2D eigenvalue weighted by Crippen LogP contribution is -2.21. The van der Waals surface area contributed by atoms with Gasteiger partial charge < -0.3 is 4.90 Å². The normalized spacial score (nSPS) is 11.3. The molecule has 1 N–H and O–H groups in total. The van der Waals surface area contributed by atoms with Gasteiger partial charge in [-0.1, -0.05) is 51.1 Å². The van der Waals surface area contributed by atoms with Gasteiger partial charge in [0.2, 0.25) is 0 Å². The molecule has 4 nitrogen and oxygen atoms in total. The monoisotopic (exact) mass is 309 g/mol. The van der Waals surface area contributed by atoms with Crippen LogP contribution in [-0.2, 0) is 10.1 Å². The molecule has 0 heterocycles. The minimum Gasteiger partial charge on any atom is -0.304 e. The second kappa shape index (κ2) is 8.12. The molecule has 0 aromatic heterocycles. The molecule has 0 atom stereocenters. The van der Waals surface area contributed by atoms with Crippen molar-refractivity contribution in [3.8, 4) is 0 Å². The van der Waals surface area contributed by atoms with Crippen LogP contribution in [0, 0.1) is 0 Å². The molecule has 5 heteroatoms. The smallest absolute Gasteiger partial charge is 0.294 e. The standard InChI is InChI=1S/C10H8O3S.C6H15N/c11-14(12,13)10-6-5-8-3-1-2-4-9(8)7-10;1-4-7(5-2)6-3/h1-7H,(H,11,12,13);4-6H2,1-3H3. The van der Waals surface area contributed by atoms with Crippen molar-refractivity contribution in [1.29, 1.82) is 0 Å². The molecule has 0 fully saturated rings. The Bertz CT molecular complexity index is 659. The first-order chi connectivity index (χ1) is 9.92. The summed E-state index contributed by atoms with van der Waals surface area (Å²) in [4.78, 5) is 2.30. The largest absolute Gasteiger partial charge is 0.304 e. The molecule has 0 bridgehead atoms. The van der Waals surface area contributed by atoms with E-state index in [9.17, 15) is 8.42 Å². The summed E-state index contributed by atoms with van der Waals surface area (Å²) < 4.78 is 30.5. The van der Waals surface area contributed by atoms with E-state index in [1.165, 1.54) is 31.8 Å². The molecule has 0 aliphatic rings. The fourth-order valence-corrected chi connectivity index (χ4v) is 2.51. The van der Waals surface area contributed by atoms with E-state index in [1.54, 1.807) is 12.1 Å². The van der Waals surface area contributed by atoms with Gasteiger partial charge in [-0.25, -0.2) is 0 Å². The second-order valence-electron chi connectivity index (χ2n) is 4.60. The van der Waals surface area contributed by atoms with Crippen LogP contribution in [-0.4, -0.2) is 37.5 Å². The first-order valence-electron chi connectivity index (χ1n) is 7.11. The van der Waals surface area contributed by atoms with Crippen molar-refractivity contribution in [2.75, 3.05) is 19.6 Å². The van der Waals surface area contributed by atoms with Crippen molar-refractivity contribution >= 4 is 20.9 Å². The predicted molar refractivity (Wildman–Crippen MR) is 87.2 cm³/mol. The average molecular weight is 309 g/mol. The third-order valence-electron chi connectivity index (χ3n) is 3.36. The quantitative estimate of drug-likeness (QED) is 0.879. The van der Waals surface area contributed by atoms with E-state index >= 15 is 0 Å². The van der Waals surface area contributed by atoms with Crippen LogP contribution in [0.1, 0.15) is 20.8 Å². The SMILES string of the molecule is CCN(CC)CC.O=S(=O)(O)c1ccc2ccccc2c1. The molecule has 0 saturated carbocycles. The fraction of sp³-hybridized carbons (Fsp3) is 0.375. The van der Waals surface area contributed by atoms with E-state index in [2.05, 4.69) is 25.7 Å². The summed E-state index contributed by atoms with van der Waals surface area (Å²) in [6, 6.07) is 11.9. The first kappa shape index (κ1) is 17.6. The van der Waals surface area contributed by atoms with E-state index in [0.29, 0.717) is 0 Å². The molecule has 0 aliphatic carbocycles. The van der Waals surface area contributed by atoms with Crippen molar-refractivity contribution in [3.63, 3.8) is 0 Å². The molecule has 0 saturated heterocycles. The Labute approximate surface area is 127 Å². The zero-order chi connectivity index (χ0) is 15.9. The lowest BCUT2D eigenvalue weighted by molar-refractivity contribution is 0.321. The third kappa shape index (κ3) is 5.46. The Morgan fingerprint density at radius 1 is 0.905 bits per heavy atom. The van der Waals surface area contributed by atoms with E-state index in [1.807, 2.05) is 18.2 Å². The highest BCUT2D eigenvalue weighted by atomic mass is 32.2. The van der Waals surface area contributed by atoms with Crippen molar-refractivity contribution in [3.05, 3.63) is 42.5 Å². The Balaban J connectivity index is 0.000000270. The van der Waals surface area contributed by atoms with Crippen LogP contribution in [0.5, 0.6) is 0 Å². The van der Waals surface area contributed by atoms with Crippen molar-refractivity contribution < 1.29 is 13.0 Å². The molecule has 2 aromatic carbocycles. The Morgan fingerprint density at radius 2 is 1.43 bits per heavy atom. The van der Waals surface area contributed by atoms with Crippen molar-refractivity contribution in [2.24, 2.45) is 0 Å². The Kier molecular flexibility index (Phi) is 6.81. The van der Waals surface area contributed by atoms with E-state index in [-0.39, 0.29) is 4.90 Å². The van der Waals surface area contributed by atoms with Gasteiger partial charge >= 0.3 is 0 Å². The van der Waals surface area contributed by atoms with Gasteiger partial charge in [0.15, 0.2) is 0 Å². The van der Waals surface area contributed by atoms with Crippen LogP contribution >= 0.6 is 0 Å². The molecule has 116 valence electrons. The van der Waals surface area contributed by atoms with E-state index < -0.39 is 10.1 Å². The summed E-state index contributed by atoms with van der Waals surface area (Å²) in [6.07, 6.45) is 0. The number of benzene rings is 2. The Hall–Kier alpha value is -1.43. The summed E-state index contributed by atoms with van der Waals surface area (Å²) in [7, 11) is -4.09. The van der Waals surface area contributed by atoms with Gasteiger partial charge in [0.25, 0.3) is 10.1 Å². The highest BCUT2D eigenvalue weighted by Crippen LogP contribution is 2.18. The molecule has 0 radical (unpaired) electrons. The first-order valence-corrected chi connectivity index (χ1v) is 8.55. The molecule has 0 spiro atoms. The molecule has 2 rings (SSSR count). The maximum Gasteiger partial charge on any atom is 0.294 e. The van der Waals surface area contributed by atoms with E-state index in [4.69, 9.17) is 4.55 Å². The van der Waals surface area contributed by atoms with Gasteiger partial charge in [-0.05, 0) is 42.5 Å². The minimum atomic E-state index is -4.09. The predicted octanol–water partition coefficient (Wildman–Crippen LogP) is 3.43. The zero-order valence-electron chi connectivity index (χ0n) is 12.8. The van der Waals surface area contributed by atoms with Gasteiger partial charge in [-0.2, -0.15) is 8.42 Å².